The van der Waals surface area contributed by atoms with E-state index >= 15 is 0 Å². The van der Waals surface area contributed by atoms with E-state index in [2.05, 4.69) is 0 Å². The number of rotatable bonds is 5. The fourth-order valence-electron chi connectivity index (χ4n) is 1.62. The minimum absolute atomic E-state index is 0.00638. The first-order valence-electron chi connectivity index (χ1n) is 5.83. The molecule has 0 fully saturated rings. The Labute approximate surface area is 115 Å². The molecule has 2 rings (SSSR count). The lowest BCUT2D eigenvalue weighted by Crippen LogP contribution is -2.07. The van der Waals surface area contributed by atoms with E-state index in [1.54, 1.807) is 30.3 Å². The van der Waals surface area contributed by atoms with Crippen LogP contribution in [0.3, 0.4) is 0 Å². The average molecular weight is 279 g/mol. The number of ketones is 1. The second-order valence-electron chi connectivity index (χ2n) is 3.94. The normalized spacial score (nSPS) is 10.2. The van der Waals surface area contributed by atoms with Gasteiger partial charge in [-0.05, 0) is 12.1 Å². The number of Topliss-reactive ketones (excluding diaryl/α,β-unsaturated/α-hetero) is 1. The Kier molecular flexibility index (Phi) is 4.53. The number of carbonyl (C=O) groups excluding carboxylic acids is 1. The summed E-state index contributed by atoms with van der Waals surface area (Å²) in [6.07, 6.45) is 0.190. The number of benzene rings is 2. The third-order valence-electron chi connectivity index (χ3n) is 2.60. The molecule has 0 radical (unpaired) electrons. The Morgan fingerprint density at radius 3 is 2.58 bits per heavy atom. The first kappa shape index (κ1) is 13.6. The highest BCUT2D eigenvalue weighted by molar-refractivity contribution is 6.30. The van der Waals surface area contributed by atoms with Crippen molar-refractivity contribution >= 4 is 17.4 Å². The molecule has 0 aliphatic rings. The van der Waals surface area contributed by atoms with Gasteiger partial charge in [-0.25, -0.2) is 4.39 Å². The third kappa shape index (κ3) is 3.55. The van der Waals surface area contributed by atoms with Gasteiger partial charge in [-0.2, -0.15) is 0 Å². The summed E-state index contributed by atoms with van der Waals surface area (Å²) in [5, 5.41) is 0.00638. The van der Waals surface area contributed by atoms with Crippen molar-refractivity contribution in [1.82, 2.24) is 0 Å². The lowest BCUT2D eigenvalue weighted by molar-refractivity contribution is 0.0961. The van der Waals surface area contributed by atoms with Crippen molar-refractivity contribution in [2.75, 3.05) is 6.61 Å². The largest absolute Gasteiger partial charge is 0.490 e. The molecule has 0 aromatic heterocycles. The zero-order chi connectivity index (χ0) is 13.7. The van der Waals surface area contributed by atoms with Crippen LogP contribution >= 0.6 is 11.6 Å². The molecule has 0 saturated carbocycles. The summed E-state index contributed by atoms with van der Waals surface area (Å²) < 4.78 is 18.7. The van der Waals surface area contributed by atoms with Gasteiger partial charge in [0, 0.05) is 12.0 Å². The SMILES string of the molecule is O=C(CCOc1cccc(Cl)c1F)c1ccccc1. The van der Waals surface area contributed by atoms with Crippen molar-refractivity contribution in [1.29, 1.82) is 0 Å². The minimum Gasteiger partial charge on any atom is -0.490 e. The first-order chi connectivity index (χ1) is 9.18. The zero-order valence-electron chi connectivity index (χ0n) is 10.1. The molecular weight excluding hydrogens is 267 g/mol. The minimum atomic E-state index is -0.601. The van der Waals surface area contributed by atoms with Gasteiger partial charge in [-0.1, -0.05) is 48.0 Å². The van der Waals surface area contributed by atoms with Crippen LogP contribution in [0.4, 0.5) is 4.39 Å². The number of carbonyl (C=O) groups is 1. The second-order valence-corrected chi connectivity index (χ2v) is 4.35. The van der Waals surface area contributed by atoms with E-state index in [1.807, 2.05) is 6.07 Å². The highest BCUT2D eigenvalue weighted by Gasteiger charge is 2.09. The molecule has 0 aliphatic carbocycles. The van der Waals surface area contributed by atoms with Crippen LogP contribution in [0.5, 0.6) is 5.75 Å². The van der Waals surface area contributed by atoms with Gasteiger partial charge in [0.15, 0.2) is 17.3 Å². The van der Waals surface area contributed by atoms with Crippen molar-refractivity contribution in [3.05, 3.63) is 64.9 Å². The van der Waals surface area contributed by atoms with Gasteiger partial charge >= 0.3 is 0 Å². The fraction of sp³-hybridized carbons (Fsp3) is 0.133. The van der Waals surface area contributed by atoms with Gasteiger partial charge in [0.1, 0.15) is 0 Å². The molecule has 4 heteroatoms. The van der Waals surface area contributed by atoms with E-state index in [-0.39, 0.29) is 29.6 Å². The summed E-state index contributed by atoms with van der Waals surface area (Å²) in [4.78, 5) is 11.8. The van der Waals surface area contributed by atoms with Crippen LogP contribution in [0.15, 0.2) is 48.5 Å². The number of ether oxygens (including phenoxy) is 1. The van der Waals surface area contributed by atoms with E-state index in [0.29, 0.717) is 5.56 Å². The highest BCUT2D eigenvalue weighted by Crippen LogP contribution is 2.24. The molecule has 0 amide bonds. The average Bonchev–Trinajstić information content (AvgIpc) is 2.44. The summed E-state index contributed by atoms with van der Waals surface area (Å²) in [6.45, 7) is 0.116. The van der Waals surface area contributed by atoms with Gasteiger partial charge in [0.05, 0.1) is 11.6 Å². The van der Waals surface area contributed by atoms with E-state index in [4.69, 9.17) is 16.3 Å². The number of hydrogen-bond acceptors (Lipinski definition) is 2. The molecule has 19 heavy (non-hydrogen) atoms. The van der Waals surface area contributed by atoms with Crippen LogP contribution in [0.25, 0.3) is 0 Å². The van der Waals surface area contributed by atoms with Crippen molar-refractivity contribution in [3.8, 4) is 5.75 Å². The van der Waals surface area contributed by atoms with Gasteiger partial charge < -0.3 is 4.74 Å². The molecule has 0 heterocycles. The molecule has 98 valence electrons. The standard InChI is InChI=1S/C15H12ClFO2/c16-12-7-4-8-14(15(12)17)19-10-9-13(18)11-5-2-1-3-6-11/h1-8H,9-10H2. The van der Waals surface area contributed by atoms with Crippen molar-refractivity contribution in [2.24, 2.45) is 0 Å². The molecule has 2 nitrogen and oxygen atoms in total. The first-order valence-corrected chi connectivity index (χ1v) is 6.21. The third-order valence-corrected chi connectivity index (χ3v) is 2.89. The molecule has 0 atom stereocenters. The van der Waals surface area contributed by atoms with E-state index in [1.165, 1.54) is 12.1 Å². The molecular formula is C15H12ClFO2. The van der Waals surface area contributed by atoms with Crippen LogP contribution < -0.4 is 4.74 Å². The Bertz CT molecular complexity index is 570. The van der Waals surface area contributed by atoms with Gasteiger partial charge in [0.2, 0.25) is 0 Å². The predicted octanol–water partition coefficient (Wildman–Crippen LogP) is 4.13. The molecule has 0 bridgehead atoms. The maximum absolute atomic E-state index is 13.5. The van der Waals surface area contributed by atoms with Crippen LogP contribution in [0.2, 0.25) is 5.02 Å². The quantitative estimate of drug-likeness (QED) is 0.769. The molecule has 2 aromatic carbocycles. The molecule has 0 saturated heterocycles. The van der Waals surface area contributed by atoms with Crippen LogP contribution in [0, 0.1) is 5.82 Å². The maximum atomic E-state index is 13.5. The highest BCUT2D eigenvalue weighted by atomic mass is 35.5. The summed E-state index contributed by atoms with van der Waals surface area (Å²) in [5.41, 5.74) is 0.623. The van der Waals surface area contributed by atoms with Gasteiger partial charge in [-0.15, -0.1) is 0 Å². The summed E-state index contributed by atoms with van der Waals surface area (Å²) in [5.74, 6) is -0.576. The van der Waals surface area contributed by atoms with E-state index < -0.39 is 5.82 Å². The van der Waals surface area contributed by atoms with Gasteiger partial charge in [-0.3, -0.25) is 4.79 Å². The molecule has 0 N–H and O–H groups in total. The number of hydrogen-bond donors (Lipinski definition) is 0. The predicted molar refractivity (Wildman–Crippen MR) is 72.3 cm³/mol. The molecule has 0 spiro atoms. The Balaban J connectivity index is 1.90. The number of halogens is 2. The van der Waals surface area contributed by atoms with Crippen LogP contribution in [0.1, 0.15) is 16.8 Å². The molecule has 0 unspecified atom stereocenters. The monoisotopic (exact) mass is 278 g/mol. The maximum Gasteiger partial charge on any atom is 0.183 e. The van der Waals surface area contributed by atoms with E-state index in [9.17, 15) is 9.18 Å². The second kappa shape index (κ2) is 6.34. The summed E-state index contributed by atoms with van der Waals surface area (Å²) >= 11 is 5.63. The van der Waals surface area contributed by atoms with E-state index in [0.717, 1.165) is 0 Å². The summed E-state index contributed by atoms with van der Waals surface area (Å²) in [7, 11) is 0. The Morgan fingerprint density at radius 1 is 1.11 bits per heavy atom. The van der Waals surface area contributed by atoms with Crippen molar-refractivity contribution in [3.63, 3.8) is 0 Å². The van der Waals surface area contributed by atoms with Crippen LogP contribution in [-0.4, -0.2) is 12.4 Å². The lowest BCUT2D eigenvalue weighted by Gasteiger charge is -2.07. The Morgan fingerprint density at radius 2 is 1.84 bits per heavy atom. The van der Waals surface area contributed by atoms with Gasteiger partial charge in [0.25, 0.3) is 0 Å². The summed E-state index contributed by atoms with van der Waals surface area (Å²) in [6, 6.07) is 13.4. The lowest BCUT2D eigenvalue weighted by atomic mass is 10.1. The topological polar surface area (TPSA) is 26.3 Å². The fourth-order valence-corrected chi connectivity index (χ4v) is 1.78. The zero-order valence-corrected chi connectivity index (χ0v) is 10.9. The van der Waals surface area contributed by atoms with Crippen molar-refractivity contribution in [2.45, 2.75) is 6.42 Å². The molecule has 0 aliphatic heterocycles. The van der Waals surface area contributed by atoms with Crippen molar-refractivity contribution < 1.29 is 13.9 Å². The Hall–Kier alpha value is -1.87. The molecule has 2 aromatic rings. The van der Waals surface area contributed by atoms with Crippen LogP contribution in [-0.2, 0) is 0 Å². The smallest absolute Gasteiger partial charge is 0.183 e.